The lowest BCUT2D eigenvalue weighted by Crippen LogP contribution is -3.13. The number of halogens is 4. The summed E-state index contributed by atoms with van der Waals surface area (Å²) in [4.78, 5) is 3.23. The Bertz CT molecular complexity index is 743. The van der Waals surface area contributed by atoms with Gasteiger partial charge in [-0.05, 0) is 36.4 Å². The Labute approximate surface area is 149 Å². The van der Waals surface area contributed by atoms with Crippen LogP contribution in [0.25, 0.3) is 0 Å². The summed E-state index contributed by atoms with van der Waals surface area (Å²) in [7, 11) is 0. The molecule has 1 fully saturated rings. The molecule has 0 amide bonds. The first-order valence-corrected chi connectivity index (χ1v) is 8.44. The van der Waals surface area contributed by atoms with Gasteiger partial charge in [0.25, 0.3) is 0 Å². The van der Waals surface area contributed by atoms with Gasteiger partial charge in [-0.3, -0.25) is 0 Å². The van der Waals surface area contributed by atoms with Gasteiger partial charge >= 0.3 is 6.18 Å². The monoisotopic (exact) mass is 371 g/mol. The molecule has 1 heterocycles. The van der Waals surface area contributed by atoms with E-state index in [2.05, 4.69) is 0 Å². The van der Waals surface area contributed by atoms with Gasteiger partial charge in [-0.15, -0.1) is 0 Å². The van der Waals surface area contributed by atoms with Gasteiger partial charge in [0.1, 0.15) is 12.3 Å². The average Bonchev–Trinajstić information content (AvgIpc) is 2.58. The van der Waals surface area contributed by atoms with E-state index in [1.807, 2.05) is 4.90 Å². The molecule has 25 heavy (non-hydrogen) atoms. The second-order valence-electron chi connectivity index (χ2n) is 6.23. The number of aromatic hydroxyl groups is 1. The first-order chi connectivity index (χ1) is 11.8. The largest absolute Gasteiger partial charge is 0.507 e. The van der Waals surface area contributed by atoms with Crippen LogP contribution in [0, 0.1) is 0 Å². The number of phenolic OH excluding ortho intramolecular Hbond substituents is 1. The maximum atomic E-state index is 12.9. The molecule has 134 valence electrons. The maximum Gasteiger partial charge on any atom is 0.416 e. The molecule has 0 radical (unpaired) electrons. The summed E-state index contributed by atoms with van der Waals surface area (Å²) >= 11 is 5.97. The lowest BCUT2D eigenvalue weighted by Gasteiger charge is -2.34. The molecule has 0 atom stereocenters. The fourth-order valence-corrected chi connectivity index (χ4v) is 3.30. The molecule has 0 bridgehead atoms. The molecule has 0 unspecified atom stereocenters. The Morgan fingerprint density at radius 2 is 1.80 bits per heavy atom. The second kappa shape index (κ2) is 7.14. The molecular formula is C18H19ClF3N2O+. The van der Waals surface area contributed by atoms with Crippen molar-refractivity contribution in [2.24, 2.45) is 0 Å². The van der Waals surface area contributed by atoms with Crippen LogP contribution in [0.5, 0.6) is 5.75 Å². The molecule has 2 aromatic rings. The van der Waals surface area contributed by atoms with E-state index < -0.39 is 11.7 Å². The zero-order valence-corrected chi connectivity index (χ0v) is 14.2. The van der Waals surface area contributed by atoms with Crippen molar-refractivity contribution in [1.29, 1.82) is 0 Å². The van der Waals surface area contributed by atoms with Gasteiger partial charge < -0.3 is 14.9 Å². The van der Waals surface area contributed by atoms with Gasteiger partial charge in [0.05, 0.1) is 31.7 Å². The van der Waals surface area contributed by atoms with Crippen molar-refractivity contribution in [1.82, 2.24) is 0 Å². The highest BCUT2D eigenvalue weighted by atomic mass is 35.5. The Kier molecular flexibility index (Phi) is 5.11. The third-order valence-electron chi connectivity index (χ3n) is 4.49. The minimum Gasteiger partial charge on any atom is -0.507 e. The van der Waals surface area contributed by atoms with Gasteiger partial charge in [-0.25, -0.2) is 0 Å². The summed E-state index contributed by atoms with van der Waals surface area (Å²) in [5, 5.41) is 10.5. The van der Waals surface area contributed by atoms with E-state index in [0.29, 0.717) is 30.3 Å². The number of hydrogen-bond donors (Lipinski definition) is 2. The normalized spacial score (nSPS) is 16.2. The maximum absolute atomic E-state index is 12.9. The molecule has 0 aromatic heterocycles. The van der Waals surface area contributed by atoms with E-state index >= 15 is 0 Å². The molecular weight excluding hydrogens is 353 g/mol. The first-order valence-electron chi connectivity index (χ1n) is 8.06. The van der Waals surface area contributed by atoms with Crippen molar-refractivity contribution in [2.45, 2.75) is 12.7 Å². The summed E-state index contributed by atoms with van der Waals surface area (Å²) in [6.07, 6.45) is -4.33. The number of piperazine rings is 1. The van der Waals surface area contributed by atoms with Crippen LogP contribution in [-0.2, 0) is 12.7 Å². The summed E-state index contributed by atoms with van der Waals surface area (Å²) in [6.45, 7) is 3.53. The summed E-state index contributed by atoms with van der Waals surface area (Å²) < 4.78 is 38.6. The van der Waals surface area contributed by atoms with Crippen LogP contribution in [0.2, 0.25) is 5.02 Å². The molecule has 0 aliphatic carbocycles. The van der Waals surface area contributed by atoms with Crippen molar-refractivity contribution in [3.63, 3.8) is 0 Å². The standard InChI is InChI=1S/C18H18ClF3N2O/c19-15-4-5-17(25)13(10-15)12-23-6-8-24(9-7-23)16-3-1-2-14(11-16)18(20,21)22/h1-5,10-11,25H,6-9,12H2/p+1. The van der Waals surface area contributed by atoms with Gasteiger partial charge in [-0.2, -0.15) is 13.2 Å². The van der Waals surface area contributed by atoms with Crippen LogP contribution >= 0.6 is 11.6 Å². The first kappa shape index (κ1) is 17.9. The summed E-state index contributed by atoms with van der Waals surface area (Å²) in [6, 6.07) is 10.4. The molecule has 0 saturated carbocycles. The number of nitrogens with one attached hydrogen (secondary N) is 1. The second-order valence-corrected chi connectivity index (χ2v) is 6.67. The van der Waals surface area contributed by atoms with E-state index in [-0.39, 0.29) is 5.75 Å². The quantitative estimate of drug-likeness (QED) is 0.868. The number of quaternary nitrogens is 1. The lowest BCUT2D eigenvalue weighted by atomic mass is 10.1. The number of nitrogens with zero attached hydrogens (tertiary/aromatic N) is 1. The molecule has 0 spiro atoms. The smallest absolute Gasteiger partial charge is 0.416 e. The molecule has 3 rings (SSSR count). The predicted octanol–water partition coefficient (Wildman–Crippen LogP) is 2.97. The Morgan fingerprint density at radius 1 is 1.08 bits per heavy atom. The predicted molar refractivity (Wildman–Crippen MR) is 91.2 cm³/mol. The summed E-state index contributed by atoms with van der Waals surface area (Å²) in [5.74, 6) is 0.220. The minimum atomic E-state index is -4.33. The van der Waals surface area contributed by atoms with E-state index in [0.717, 1.165) is 24.7 Å². The highest BCUT2D eigenvalue weighted by molar-refractivity contribution is 6.30. The minimum absolute atomic E-state index is 0.220. The van der Waals surface area contributed by atoms with Crippen molar-refractivity contribution in [3.05, 3.63) is 58.6 Å². The van der Waals surface area contributed by atoms with Crippen LogP contribution in [0.15, 0.2) is 42.5 Å². The van der Waals surface area contributed by atoms with Gasteiger partial charge in [-0.1, -0.05) is 17.7 Å². The van der Waals surface area contributed by atoms with Crippen LogP contribution in [0.4, 0.5) is 18.9 Å². The van der Waals surface area contributed by atoms with Crippen LogP contribution in [0.3, 0.4) is 0 Å². The topological polar surface area (TPSA) is 27.9 Å². The molecule has 2 aromatic carbocycles. The van der Waals surface area contributed by atoms with Gasteiger partial charge in [0, 0.05) is 16.3 Å². The zero-order chi connectivity index (χ0) is 18.0. The highest BCUT2D eigenvalue weighted by Gasteiger charge is 2.31. The van der Waals surface area contributed by atoms with Gasteiger partial charge in [0.2, 0.25) is 0 Å². The van der Waals surface area contributed by atoms with Crippen LogP contribution < -0.4 is 9.80 Å². The number of rotatable bonds is 3. The van der Waals surface area contributed by atoms with Gasteiger partial charge in [0.15, 0.2) is 0 Å². The number of hydrogen-bond acceptors (Lipinski definition) is 2. The molecule has 2 N–H and O–H groups in total. The van der Waals surface area contributed by atoms with E-state index in [1.165, 1.54) is 17.0 Å². The van der Waals surface area contributed by atoms with Crippen molar-refractivity contribution in [3.8, 4) is 5.75 Å². The Morgan fingerprint density at radius 3 is 2.48 bits per heavy atom. The highest BCUT2D eigenvalue weighted by Crippen LogP contribution is 2.31. The molecule has 7 heteroatoms. The average molecular weight is 372 g/mol. The van der Waals surface area contributed by atoms with E-state index in [4.69, 9.17) is 11.6 Å². The third kappa shape index (κ3) is 4.38. The molecule has 1 aliphatic rings. The zero-order valence-electron chi connectivity index (χ0n) is 13.5. The number of benzene rings is 2. The number of anilines is 1. The lowest BCUT2D eigenvalue weighted by molar-refractivity contribution is -0.914. The Balaban J connectivity index is 1.63. The van der Waals surface area contributed by atoms with Crippen molar-refractivity contribution >= 4 is 17.3 Å². The number of phenols is 1. The molecule has 3 nitrogen and oxygen atoms in total. The Hall–Kier alpha value is -1.92. The fourth-order valence-electron chi connectivity index (χ4n) is 3.10. The van der Waals surface area contributed by atoms with Crippen molar-refractivity contribution in [2.75, 3.05) is 31.1 Å². The fraction of sp³-hybridized carbons (Fsp3) is 0.333. The van der Waals surface area contributed by atoms with Crippen molar-refractivity contribution < 1.29 is 23.2 Å². The summed E-state index contributed by atoms with van der Waals surface area (Å²) in [5.41, 5.74) is 0.762. The SMILES string of the molecule is Oc1ccc(Cl)cc1C[NH+]1CCN(c2cccc(C(F)(F)F)c2)CC1. The number of alkyl halides is 3. The molecule has 1 saturated heterocycles. The van der Waals surface area contributed by atoms with Crippen LogP contribution in [0.1, 0.15) is 11.1 Å². The van der Waals surface area contributed by atoms with E-state index in [9.17, 15) is 18.3 Å². The van der Waals surface area contributed by atoms with Crippen LogP contribution in [-0.4, -0.2) is 31.3 Å². The van der Waals surface area contributed by atoms with E-state index in [1.54, 1.807) is 24.3 Å². The molecule has 1 aliphatic heterocycles. The third-order valence-corrected chi connectivity index (χ3v) is 4.73.